The SMILES string of the molecule is CC1C2CCc3c(-c4ccccc4F)nc(-c4cc(C=O)nc5ccccc45)nc3C2CCC12OCCO2. The molecule has 1 spiro atoms. The van der Waals surface area contributed by atoms with E-state index in [0.29, 0.717) is 47.4 Å². The molecule has 1 aliphatic heterocycles. The number of ether oxygens (including phenoxy) is 2. The summed E-state index contributed by atoms with van der Waals surface area (Å²) in [5, 5.41) is 0.855. The van der Waals surface area contributed by atoms with Crippen LogP contribution in [0, 0.1) is 17.7 Å². The van der Waals surface area contributed by atoms with E-state index >= 15 is 4.39 Å². The normalized spacial score (nSPS) is 23.8. The third-order valence-electron chi connectivity index (χ3n) is 8.78. The number of aromatic nitrogens is 3. The largest absolute Gasteiger partial charge is 0.347 e. The van der Waals surface area contributed by atoms with E-state index in [1.807, 2.05) is 30.3 Å². The van der Waals surface area contributed by atoms with E-state index in [1.54, 1.807) is 18.2 Å². The quantitative estimate of drug-likeness (QED) is 0.309. The molecule has 38 heavy (non-hydrogen) atoms. The number of halogens is 1. The first-order valence-corrected chi connectivity index (χ1v) is 13.4. The maximum absolute atomic E-state index is 15.2. The number of hydrogen-bond acceptors (Lipinski definition) is 6. The van der Waals surface area contributed by atoms with Crippen LogP contribution in [0.2, 0.25) is 0 Å². The zero-order valence-corrected chi connectivity index (χ0v) is 21.2. The van der Waals surface area contributed by atoms with Crippen molar-refractivity contribution in [3.63, 3.8) is 0 Å². The van der Waals surface area contributed by atoms with Gasteiger partial charge in [-0.3, -0.25) is 4.79 Å². The highest BCUT2D eigenvalue weighted by Crippen LogP contribution is 2.54. The van der Waals surface area contributed by atoms with Gasteiger partial charge in [-0.25, -0.2) is 19.3 Å². The third-order valence-corrected chi connectivity index (χ3v) is 8.78. The maximum Gasteiger partial charge on any atom is 0.171 e. The van der Waals surface area contributed by atoms with Crippen LogP contribution < -0.4 is 0 Å². The smallest absolute Gasteiger partial charge is 0.171 e. The van der Waals surface area contributed by atoms with Crippen molar-refractivity contribution in [3.8, 4) is 22.6 Å². The van der Waals surface area contributed by atoms with Crippen molar-refractivity contribution in [1.82, 2.24) is 15.0 Å². The third kappa shape index (κ3) is 3.60. The molecule has 0 bridgehead atoms. The Morgan fingerprint density at radius 1 is 0.974 bits per heavy atom. The summed E-state index contributed by atoms with van der Waals surface area (Å²) in [4.78, 5) is 26.4. The maximum atomic E-state index is 15.2. The highest BCUT2D eigenvalue weighted by molar-refractivity contribution is 5.95. The molecule has 2 aromatic heterocycles. The minimum absolute atomic E-state index is 0.193. The predicted octanol–water partition coefficient (Wildman–Crippen LogP) is 6.13. The Kier molecular flexibility index (Phi) is 5.60. The topological polar surface area (TPSA) is 74.2 Å². The van der Waals surface area contributed by atoms with Crippen molar-refractivity contribution in [2.75, 3.05) is 13.2 Å². The molecule has 2 aliphatic carbocycles. The Balaban J connectivity index is 1.45. The number of nitrogens with zero attached hydrogens (tertiary/aromatic N) is 3. The van der Waals surface area contributed by atoms with Crippen LogP contribution in [0.15, 0.2) is 54.6 Å². The number of para-hydroxylation sites is 1. The van der Waals surface area contributed by atoms with Gasteiger partial charge < -0.3 is 9.47 Å². The zero-order chi connectivity index (χ0) is 25.9. The van der Waals surface area contributed by atoms with Gasteiger partial charge in [0.25, 0.3) is 0 Å². The van der Waals surface area contributed by atoms with Gasteiger partial charge in [0.1, 0.15) is 11.5 Å². The summed E-state index contributed by atoms with van der Waals surface area (Å²) < 4.78 is 27.5. The monoisotopic (exact) mass is 509 g/mol. The van der Waals surface area contributed by atoms with Crippen LogP contribution in [0.5, 0.6) is 0 Å². The molecule has 3 aliphatic rings. The zero-order valence-electron chi connectivity index (χ0n) is 21.2. The lowest BCUT2D eigenvalue weighted by Crippen LogP contribution is -2.48. The molecule has 192 valence electrons. The van der Waals surface area contributed by atoms with Crippen molar-refractivity contribution in [2.45, 2.75) is 44.3 Å². The predicted molar refractivity (Wildman–Crippen MR) is 141 cm³/mol. The van der Waals surface area contributed by atoms with Crippen molar-refractivity contribution in [2.24, 2.45) is 11.8 Å². The number of carbonyl (C=O) groups excluding carboxylic acids is 1. The fraction of sp³-hybridized carbons (Fsp3) is 0.355. The molecule has 0 N–H and O–H groups in total. The number of pyridine rings is 1. The Morgan fingerprint density at radius 2 is 1.76 bits per heavy atom. The van der Waals surface area contributed by atoms with E-state index in [0.717, 1.165) is 54.2 Å². The van der Waals surface area contributed by atoms with E-state index in [4.69, 9.17) is 19.4 Å². The summed E-state index contributed by atoms with van der Waals surface area (Å²) in [7, 11) is 0. The molecular weight excluding hydrogens is 481 g/mol. The van der Waals surface area contributed by atoms with E-state index in [9.17, 15) is 4.79 Å². The summed E-state index contributed by atoms with van der Waals surface area (Å²) in [5.41, 5.74) is 4.85. The van der Waals surface area contributed by atoms with Crippen LogP contribution in [-0.2, 0) is 15.9 Å². The minimum Gasteiger partial charge on any atom is -0.347 e. The Hall–Kier alpha value is -3.55. The number of rotatable bonds is 3. The van der Waals surface area contributed by atoms with Crippen LogP contribution in [0.1, 0.15) is 53.8 Å². The average molecular weight is 510 g/mol. The second-order valence-corrected chi connectivity index (χ2v) is 10.6. The molecule has 7 heteroatoms. The summed E-state index contributed by atoms with van der Waals surface area (Å²) >= 11 is 0. The lowest BCUT2D eigenvalue weighted by Gasteiger charge is -2.48. The average Bonchev–Trinajstić information content (AvgIpc) is 3.43. The molecule has 0 radical (unpaired) electrons. The Labute approximate surface area is 220 Å². The van der Waals surface area contributed by atoms with Crippen LogP contribution in [0.4, 0.5) is 4.39 Å². The van der Waals surface area contributed by atoms with Gasteiger partial charge in [-0.1, -0.05) is 37.3 Å². The molecule has 1 saturated heterocycles. The highest BCUT2D eigenvalue weighted by atomic mass is 19.1. The molecule has 7 rings (SSSR count). The lowest BCUT2D eigenvalue weighted by atomic mass is 9.63. The van der Waals surface area contributed by atoms with Gasteiger partial charge in [0.2, 0.25) is 0 Å². The number of hydrogen-bond donors (Lipinski definition) is 0. The molecule has 0 amide bonds. The number of aldehydes is 1. The molecule has 2 fully saturated rings. The number of fused-ring (bicyclic) bond motifs is 4. The highest BCUT2D eigenvalue weighted by Gasteiger charge is 2.53. The molecule has 2 aromatic carbocycles. The Bertz CT molecular complexity index is 1570. The first-order valence-electron chi connectivity index (χ1n) is 13.4. The molecule has 3 atom stereocenters. The molecular formula is C31H28FN3O3. The van der Waals surface area contributed by atoms with Crippen molar-refractivity contribution in [3.05, 3.63) is 77.4 Å². The molecule has 6 nitrogen and oxygen atoms in total. The van der Waals surface area contributed by atoms with Crippen molar-refractivity contribution < 1.29 is 18.7 Å². The fourth-order valence-corrected chi connectivity index (χ4v) is 6.94. The van der Waals surface area contributed by atoms with E-state index in [2.05, 4.69) is 11.9 Å². The summed E-state index contributed by atoms with van der Waals surface area (Å²) in [6.45, 7) is 3.51. The summed E-state index contributed by atoms with van der Waals surface area (Å²) in [5.74, 6) is 0.423. The molecule has 3 unspecified atom stereocenters. The van der Waals surface area contributed by atoms with Crippen LogP contribution in [0.25, 0.3) is 33.5 Å². The van der Waals surface area contributed by atoms with Gasteiger partial charge >= 0.3 is 0 Å². The van der Waals surface area contributed by atoms with Gasteiger partial charge in [-0.05, 0) is 49.4 Å². The van der Waals surface area contributed by atoms with E-state index in [1.165, 1.54) is 6.07 Å². The first-order chi connectivity index (χ1) is 18.6. The van der Waals surface area contributed by atoms with E-state index < -0.39 is 5.79 Å². The standard InChI is InChI=1S/C31H28FN3O3/c1-18-20-10-11-24-28(22(20)12-13-31(18)37-14-15-38-31)34-30(35-29(24)23-7-2-4-8-26(23)32)25-16-19(17-36)33-27-9-5-3-6-21(25)27/h2-9,16-18,20,22H,10-15H2,1H3. The summed E-state index contributed by atoms with van der Waals surface area (Å²) in [6.07, 6.45) is 4.14. The fourth-order valence-electron chi connectivity index (χ4n) is 6.94. The second-order valence-electron chi connectivity index (χ2n) is 10.6. The number of carbonyl (C=O) groups is 1. The second kappa shape index (κ2) is 9.03. The van der Waals surface area contributed by atoms with E-state index in [-0.39, 0.29) is 17.7 Å². The van der Waals surface area contributed by atoms with Gasteiger partial charge in [-0.2, -0.15) is 0 Å². The molecule has 3 heterocycles. The first kappa shape index (κ1) is 23.6. The van der Waals surface area contributed by atoms with Gasteiger partial charge in [0, 0.05) is 40.3 Å². The van der Waals surface area contributed by atoms with Gasteiger partial charge in [-0.15, -0.1) is 0 Å². The van der Waals surface area contributed by atoms with Crippen LogP contribution in [0.3, 0.4) is 0 Å². The van der Waals surface area contributed by atoms with Crippen molar-refractivity contribution in [1.29, 1.82) is 0 Å². The minimum atomic E-state index is -0.511. The van der Waals surface area contributed by atoms with Crippen molar-refractivity contribution >= 4 is 17.2 Å². The van der Waals surface area contributed by atoms with Crippen LogP contribution in [-0.4, -0.2) is 40.2 Å². The Morgan fingerprint density at radius 3 is 2.58 bits per heavy atom. The summed E-state index contributed by atoms with van der Waals surface area (Å²) in [6, 6.07) is 16.2. The molecule has 4 aromatic rings. The lowest BCUT2D eigenvalue weighted by molar-refractivity contribution is -0.226. The van der Waals surface area contributed by atoms with Gasteiger partial charge in [0.05, 0.1) is 30.1 Å². The number of benzene rings is 2. The molecule has 1 saturated carbocycles. The van der Waals surface area contributed by atoms with Crippen LogP contribution >= 0.6 is 0 Å². The van der Waals surface area contributed by atoms with Gasteiger partial charge in [0.15, 0.2) is 17.9 Å².